The molecular weight excluding hydrogens is 509 g/mol. The molecule has 2 aromatic carbocycles. The number of methoxy groups -OCH3 is 1. The minimum Gasteiger partial charge on any atom is -0.411 e. The molecule has 5 nitrogen and oxygen atoms in total. The number of benzene rings is 2. The quantitative estimate of drug-likeness (QED) is 0.221. The van der Waals surface area contributed by atoms with Crippen molar-refractivity contribution in [1.82, 2.24) is 0 Å². The van der Waals surface area contributed by atoms with Crippen LogP contribution in [-0.4, -0.2) is 16.4 Å². The van der Waals surface area contributed by atoms with Gasteiger partial charge < -0.3 is 30.2 Å². The van der Waals surface area contributed by atoms with Crippen molar-refractivity contribution in [2.45, 2.75) is 0 Å². The number of hydrogen-bond donors (Lipinski definition) is 1. The Labute approximate surface area is 155 Å². The fourth-order valence-corrected chi connectivity index (χ4v) is 2.56. The summed E-state index contributed by atoms with van der Waals surface area (Å²) in [7, 11) is 1.69. The molecule has 0 aliphatic heterocycles. The first-order valence-corrected chi connectivity index (χ1v) is 9.67. The molecule has 1 N–H and O–H groups in total. The molecule has 110 valence electrons. The van der Waals surface area contributed by atoms with Crippen LogP contribution in [0.5, 0.6) is 5.75 Å². The summed E-state index contributed by atoms with van der Waals surface area (Å²) < 4.78 is 6.66. The molecule has 0 atom stereocenters. The molecule has 22 heavy (non-hydrogen) atoms. The Morgan fingerprint density at radius 3 is 2.18 bits per heavy atom. The van der Waals surface area contributed by atoms with E-state index in [0.717, 1.165) is 31.9 Å². The Morgan fingerprint density at radius 1 is 1.23 bits per heavy atom. The average molecular weight is 521 g/mol. The molecule has 0 aromatic heterocycles. The fraction of sp³-hybridized carbons (Fsp3) is 0.0714. The summed E-state index contributed by atoms with van der Waals surface area (Å²) in [4.78, 5) is 9.81. The van der Waals surface area contributed by atoms with E-state index in [0.29, 0.717) is 5.69 Å². The molecule has 0 aliphatic rings. The van der Waals surface area contributed by atoms with Crippen LogP contribution in [0.1, 0.15) is 0 Å². The molecule has 0 saturated carbocycles. The predicted molar refractivity (Wildman–Crippen MR) is 89.3 cm³/mol. The van der Waals surface area contributed by atoms with Crippen LogP contribution < -0.4 is 13.1 Å². The second-order valence-corrected chi connectivity index (χ2v) is 8.31. The first-order valence-electron chi connectivity index (χ1n) is 6.11. The number of thiocarbonyl (C=S) groups is 1. The Morgan fingerprint density at radius 2 is 1.77 bits per heavy atom. The second kappa shape index (κ2) is 9.65. The van der Waals surface area contributed by atoms with Gasteiger partial charge in [-0.2, -0.15) is 0 Å². The number of nitrogens with zero attached hydrogens (tertiary/aromatic N) is 1. The summed E-state index contributed by atoms with van der Waals surface area (Å²) in [5.74, 6) is 0.948. The van der Waals surface area contributed by atoms with E-state index in [-0.39, 0.29) is 10.0 Å². The van der Waals surface area contributed by atoms with Crippen LogP contribution in [0.2, 0.25) is 0 Å². The summed E-state index contributed by atoms with van der Waals surface area (Å²) in [6, 6.07) is 14.1. The second-order valence-electron chi connectivity index (χ2n) is 4.06. The van der Waals surface area contributed by atoms with Crippen molar-refractivity contribution in [2.24, 2.45) is 0 Å². The minimum absolute atomic E-state index is 0.0424. The van der Waals surface area contributed by atoms with Gasteiger partial charge in [-0.3, -0.25) is 10.1 Å². The van der Waals surface area contributed by atoms with Gasteiger partial charge in [0.15, 0.2) is 0 Å². The van der Waals surface area contributed by atoms with Gasteiger partial charge in [0.25, 0.3) is 5.69 Å². The van der Waals surface area contributed by atoms with Crippen molar-refractivity contribution in [3.8, 4) is 5.75 Å². The van der Waals surface area contributed by atoms with Gasteiger partial charge in [-0.15, -0.1) is 0 Å². The number of rotatable bonds is 3. The van der Waals surface area contributed by atoms with E-state index in [9.17, 15) is 10.1 Å². The molecule has 0 unspecified atom stereocenters. The molecule has 2 rings (SSSR count). The first-order chi connectivity index (χ1) is 10.4. The number of non-ortho nitro benzene ring substituents is 1. The Bertz CT molecular complexity index is 634. The van der Waals surface area contributed by atoms with E-state index in [1.54, 1.807) is 19.2 Å². The summed E-state index contributed by atoms with van der Waals surface area (Å²) in [5, 5.41) is 13.0. The molecule has 0 amide bonds. The van der Waals surface area contributed by atoms with Crippen molar-refractivity contribution in [2.75, 3.05) is 12.4 Å². The molecule has 0 radical (unpaired) electrons. The van der Waals surface area contributed by atoms with Gasteiger partial charge in [0.2, 0.25) is 0 Å². The Kier molecular flexibility index (Phi) is 8.22. The monoisotopic (exact) mass is 522 g/mol. The zero-order chi connectivity index (χ0) is 16.5. The summed E-state index contributed by atoms with van der Waals surface area (Å²) in [5.41, 5.74) is 0.700. The third-order valence-electron chi connectivity index (χ3n) is 2.48. The maximum atomic E-state index is 10.3. The molecule has 0 saturated heterocycles. The summed E-state index contributed by atoms with van der Waals surface area (Å²) in [6.07, 6.45) is 0. The zero-order valence-corrected chi connectivity index (χ0v) is 18.9. The van der Waals surface area contributed by atoms with Crippen LogP contribution >= 0.6 is 12.2 Å². The topological polar surface area (TPSA) is 64.4 Å². The first kappa shape index (κ1) is 18.7. The van der Waals surface area contributed by atoms with Gasteiger partial charge in [0.1, 0.15) is 0 Å². The maximum absolute atomic E-state index is 10.3. The number of nitrogens with one attached hydrogen (secondary N) is 1. The van der Waals surface area contributed by atoms with Crippen LogP contribution in [0.3, 0.4) is 0 Å². The molecule has 0 fully saturated rings. The average Bonchev–Trinajstić information content (AvgIpc) is 2.48. The van der Waals surface area contributed by atoms with Gasteiger partial charge >= 0.3 is 71.1 Å². The van der Waals surface area contributed by atoms with Crippen LogP contribution in [0.25, 0.3) is 0 Å². The zero-order valence-electron chi connectivity index (χ0n) is 11.8. The van der Waals surface area contributed by atoms with Gasteiger partial charge in [-0.1, -0.05) is 4.32 Å². The van der Waals surface area contributed by atoms with Crippen LogP contribution in [0, 0.1) is 10.1 Å². The fourth-order valence-electron chi connectivity index (χ4n) is 1.41. The Hall–Kier alpha value is -1.31. The normalized spacial score (nSPS) is 9.23. The molecular formula is C14H12HgN2O3S2. The smallest absolute Gasteiger partial charge is 0.269 e. The van der Waals surface area contributed by atoms with Crippen molar-refractivity contribution in [3.63, 3.8) is 0 Å². The SMILES string of the molecule is COc1cc[c]([Hg+])cc1.O=[N+]([O-])c1ccc(NC(=S)[S-])cc1. The standard InChI is InChI=1S/C7H6N2O2S2.C7H7O.Hg/c10-9(11)6-3-1-5(2-4-6)8-7(12)13;1-8-7-5-3-2-4-6-7;/h1-4H,(H2,8,12,13);3-6H,1H3;/q;;+1/p-1. The number of anilines is 1. The van der Waals surface area contributed by atoms with E-state index in [2.05, 4.69) is 42.3 Å². The number of nitro benzene ring substituents is 1. The van der Waals surface area contributed by atoms with E-state index < -0.39 is 4.92 Å². The number of hydrogen-bond acceptors (Lipinski definition) is 5. The third-order valence-corrected chi connectivity index (χ3v) is 4.52. The maximum Gasteiger partial charge on any atom is 0.269 e. The van der Waals surface area contributed by atoms with Gasteiger partial charge in [-0.25, -0.2) is 0 Å². The number of ether oxygens (including phenoxy) is 1. The van der Waals surface area contributed by atoms with E-state index in [1.807, 2.05) is 12.1 Å². The molecule has 0 aliphatic carbocycles. The molecule has 0 spiro atoms. The molecule has 0 bridgehead atoms. The van der Waals surface area contributed by atoms with E-state index >= 15 is 0 Å². The van der Waals surface area contributed by atoms with Crippen molar-refractivity contribution in [1.29, 1.82) is 0 Å². The molecule has 2 aromatic rings. The van der Waals surface area contributed by atoms with Crippen molar-refractivity contribution < 1.29 is 35.8 Å². The summed E-state index contributed by atoms with van der Waals surface area (Å²) >= 11 is 10.0. The van der Waals surface area contributed by atoms with Gasteiger partial charge in [0.05, 0.1) is 4.92 Å². The van der Waals surface area contributed by atoms with E-state index in [1.165, 1.54) is 15.2 Å². The number of nitro groups is 1. The largest absolute Gasteiger partial charge is 0.411 e. The molecule has 8 heteroatoms. The van der Waals surface area contributed by atoms with Gasteiger partial charge in [-0.05, 0) is 12.1 Å². The Balaban J connectivity index is 0.000000235. The van der Waals surface area contributed by atoms with Gasteiger partial charge in [0, 0.05) is 17.8 Å². The third kappa shape index (κ3) is 7.10. The van der Waals surface area contributed by atoms with Crippen LogP contribution in [0.15, 0.2) is 48.5 Å². The van der Waals surface area contributed by atoms with Crippen molar-refractivity contribution >= 4 is 43.6 Å². The minimum atomic E-state index is -0.463. The summed E-state index contributed by atoms with van der Waals surface area (Å²) in [6.45, 7) is 0. The predicted octanol–water partition coefficient (Wildman–Crippen LogP) is 2.71. The van der Waals surface area contributed by atoms with Crippen molar-refractivity contribution in [3.05, 3.63) is 58.6 Å². The molecule has 0 heterocycles. The van der Waals surface area contributed by atoms with E-state index in [4.69, 9.17) is 4.74 Å². The van der Waals surface area contributed by atoms with Crippen LogP contribution in [0.4, 0.5) is 11.4 Å². The van der Waals surface area contributed by atoms with Crippen LogP contribution in [-0.2, 0) is 38.8 Å².